The fourth-order valence-electron chi connectivity index (χ4n) is 2.91. The minimum absolute atomic E-state index is 0.0910. The van der Waals surface area contributed by atoms with Gasteiger partial charge < -0.3 is 0 Å². The quantitative estimate of drug-likeness (QED) is 0.719. The van der Waals surface area contributed by atoms with Gasteiger partial charge in [-0.1, -0.05) is 24.3 Å². The van der Waals surface area contributed by atoms with E-state index in [1.165, 1.54) is 11.1 Å². The van der Waals surface area contributed by atoms with Crippen LogP contribution in [-0.4, -0.2) is 11.8 Å². The third-order valence-corrected chi connectivity index (χ3v) is 3.67. The number of hydrogen-bond acceptors (Lipinski definition) is 2. The van der Waals surface area contributed by atoms with E-state index in [-0.39, 0.29) is 23.7 Å². The highest BCUT2D eigenvalue weighted by molar-refractivity contribution is 6.04. The predicted octanol–water partition coefficient (Wildman–Crippen LogP) is 1.38. The van der Waals surface area contributed by atoms with Crippen molar-refractivity contribution >= 4 is 11.8 Å². The molecule has 1 aliphatic carbocycles. The van der Waals surface area contributed by atoms with E-state index in [2.05, 4.69) is 17.4 Å². The smallest absolute Gasteiger partial charge is 0.230 e. The lowest BCUT2D eigenvalue weighted by Gasteiger charge is -2.15. The van der Waals surface area contributed by atoms with E-state index in [0.29, 0.717) is 6.42 Å². The van der Waals surface area contributed by atoms with Crippen molar-refractivity contribution in [3.8, 4) is 0 Å². The molecule has 1 aliphatic heterocycles. The summed E-state index contributed by atoms with van der Waals surface area (Å²) in [6, 6.07) is 8.24. The van der Waals surface area contributed by atoms with Crippen LogP contribution in [0.4, 0.5) is 0 Å². The van der Waals surface area contributed by atoms with Gasteiger partial charge in [0, 0.05) is 6.42 Å². The number of rotatable bonds is 1. The summed E-state index contributed by atoms with van der Waals surface area (Å²) >= 11 is 0. The van der Waals surface area contributed by atoms with Crippen LogP contribution in [0.2, 0.25) is 0 Å². The van der Waals surface area contributed by atoms with Crippen LogP contribution in [0.15, 0.2) is 24.3 Å². The van der Waals surface area contributed by atoms with E-state index in [4.69, 9.17) is 0 Å². The Morgan fingerprint density at radius 2 is 1.94 bits per heavy atom. The average Bonchev–Trinajstić information content (AvgIpc) is 2.81. The number of nitrogens with one attached hydrogen (secondary N) is 1. The van der Waals surface area contributed by atoms with Gasteiger partial charge in [0.1, 0.15) is 0 Å². The summed E-state index contributed by atoms with van der Waals surface area (Å²) in [5.74, 6) is -0.120. The summed E-state index contributed by atoms with van der Waals surface area (Å²) in [5, 5.41) is 2.40. The number of amides is 2. The maximum absolute atomic E-state index is 11.6. The molecule has 1 fully saturated rings. The summed E-state index contributed by atoms with van der Waals surface area (Å²) in [4.78, 5) is 22.9. The Bertz CT molecular complexity index is 467. The molecule has 0 aromatic heterocycles. The third-order valence-electron chi connectivity index (χ3n) is 3.67. The minimum Gasteiger partial charge on any atom is -0.296 e. The monoisotopic (exact) mass is 215 g/mol. The van der Waals surface area contributed by atoms with Crippen LogP contribution in [0.5, 0.6) is 0 Å². The van der Waals surface area contributed by atoms with Crippen molar-refractivity contribution in [1.29, 1.82) is 0 Å². The molecule has 0 spiro atoms. The topological polar surface area (TPSA) is 46.2 Å². The van der Waals surface area contributed by atoms with Gasteiger partial charge in [0.2, 0.25) is 11.8 Å². The average molecular weight is 215 g/mol. The van der Waals surface area contributed by atoms with E-state index in [1.807, 2.05) is 12.1 Å². The lowest BCUT2D eigenvalue weighted by molar-refractivity contribution is -0.126. The first kappa shape index (κ1) is 9.58. The Morgan fingerprint density at radius 3 is 2.69 bits per heavy atom. The van der Waals surface area contributed by atoms with Crippen LogP contribution in [-0.2, 0) is 16.0 Å². The molecule has 82 valence electrons. The van der Waals surface area contributed by atoms with Crippen LogP contribution >= 0.6 is 0 Å². The van der Waals surface area contributed by atoms with Crippen LogP contribution < -0.4 is 5.32 Å². The molecule has 3 nitrogen and oxygen atoms in total. The zero-order valence-corrected chi connectivity index (χ0v) is 8.90. The van der Waals surface area contributed by atoms with Crippen molar-refractivity contribution in [2.75, 3.05) is 0 Å². The molecule has 1 heterocycles. The van der Waals surface area contributed by atoms with Gasteiger partial charge in [-0.2, -0.15) is 0 Å². The van der Waals surface area contributed by atoms with Crippen molar-refractivity contribution in [3.05, 3.63) is 35.4 Å². The molecule has 1 N–H and O–H groups in total. The second-order valence-corrected chi connectivity index (χ2v) is 4.57. The fourth-order valence-corrected chi connectivity index (χ4v) is 2.91. The molecule has 2 atom stereocenters. The molecular weight excluding hydrogens is 202 g/mol. The van der Waals surface area contributed by atoms with E-state index >= 15 is 0 Å². The van der Waals surface area contributed by atoms with Gasteiger partial charge in [-0.05, 0) is 29.9 Å². The molecule has 2 amide bonds. The minimum atomic E-state index is -0.142. The van der Waals surface area contributed by atoms with Gasteiger partial charge in [0.15, 0.2) is 0 Å². The highest BCUT2D eigenvalue weighted by Gasteiger charge is 2.39. The van der Waals surface area contributed by atoms with Crippen molar-refractivity contribution in [3.63, 3.8) is 0 Å². The van der Waals surface area contributed by atoms with E-state index in [0.717, 1.165) is 12.8 Å². The van der Waals surface area contributed by atoms with Gasteiger partial charge >= 0.3 is 0 Å². The number of carbonyl (C=O) groups is 2. The molecule has 2 aliphatic rings. The molecule has 3 heteroatoms. The molecule has 0 saturated carbocycles. The van der Waals surface area contributed by atoms with Gasteiger partial charge in [0.05, 0.1) is 5.92 Å². The van der Waals surface area contributed by atoms with E-state index in [1.54, 1.807) is 0 Å². The summed E-state index contributed by atoms with van der Waals surface area (Å²) < 4.78 is 0. The van der Waals surface area contributed by atoms with E-state index in [9.17, 15) is 9.59 Å². The first-order valence-electron chi connectivity index (χ1n) is 5.67. The van der Waals surface area contributed by atoms with Crippen LogP contribution in [0.1, 0.15) is 29.9 Å². The largest absolute Gasteiger partial charge is 0.296 e. The highest BCUT2D eigenvalue weighted by atomic mass is 16.2. The molecule has 1 saturated heterocycles. The summed E-state index contributed by atoms with van der Waals surface area (Å²) in [6.07, 6.45) is 2.38. The van der Waals surface area contributed by atoms with Crippen molar-refractivity contribution in [2.24, 2.45) is 5.92 Å². The SMILES string of the molecule is O=C1CC(C2CCc3ccccc32)C(=O)N1. The Kier molecular flexibility index (Phi) is 2.06. The summed E-state index contributed by atoms with van der Waals surface area (Å²) in [6.45, 7) is 0. The molecule has 2 unspecified atom stereocenters. The zero-order chi connectivity index (χ0) is 11.1. The Labute approximate surface area is 93.8 Å². The summed E-state index contributed by atoms with van der Waals surface area (Å²) in [7, 11) is 0. The third kappa shape index (κ3) is 1.35. The maximum Gasteiger partial charge on any atom is 0.230 e. The second kappa shape index (κ2) is 3.44. The Hall–Kier alpha value is -1.64. The van der Waals surface area contributed by atoms with Crippen LogP contribution in [0.3, 0.4) is 0 Å². The van der Waals surface area contributed by atoms with Gasteiger partial charge in [0.25, 0.3) is 0 Å². The highest BCUT2D eigenvalue weighted by Crippen LogP contribution is 2.40. The number of imide groups is 1. The van der Waals surface area contributed by atoms with Gasteiger partial charge in [-0.25, -0.2) is 0 Å². The predicted molar refractivity (Wildman–Crippen MR) is 58.8 cm³/mol. The first-order valence-corrected chi connectivity index (χ1v) is 5.67. The molecular formula is C13H13NO2. The number of fused-ring (bicyclic) bond motifs is 1. The standard InChI is InChI=1S/C13H13NO2/c15-12-7-11(13(16)14-12)10-6-5-8-3-1-2-4-9(8)10/h1-4,10-11H,5-7H2,(H,14,15,16). The van der Waals surface area contributed by atoms with Crippen molar-refractivity contribution in [2.45, 2.75) is 25.2 Å². The van der Waals surface area contributed by atoms with Gasteiger partial charge in [-0.3, -0.25) is 14.9 Å². The summed E-state index contributed by atoms with van der Waals surface area (Å²) in [5.41, 5.74) is 2.59. The molecule has 1 aromatic rings. The van der Waals surface area contributed by atoms with Crippen LogP contribution in [0, 0.1) is 5.92 Å². The van der Waals surface area contributed by atoms with Crippen LogP contribution in [0.25, 0.3) is 0 Å². The van der Waals surface area contributed by atoms with Gasteiger partial charge in [-0.15, -0.1) is 0 Å². The number of hydrogen-bond donors (Lipinski definition) is 1. The zero-order valence-electron chi connectivity index (χ0n) is 8.90. The molecule has 0 bridgehead atoms. The lowest BCUT2D eigenvalue weighted by Crippen LogP contribution is -2.24. The Balaban J connectivity index is 1.93. The fraction of sp³-hybridized carbons (Fsp3) is 0.385. The Morgan fingerprint density at radius 1 is 1.12 bits per heavy atom. The molecule has 3 rings (SSSR count). The van der Waals surface area contributed by atoms with E-state index < -0.39 is 0 Å². The number of carbonyl (C=O) groups excluding carboxylic acids is 2. The molecule has 0 radical (unpaired) electrons. The van der Waals surface area contributed by atoms with Crippen molar-refractivity contribution in [1.82, 2.24) is 5.32 Å². The normalized spacial score (nSPS) is 28.0. The second-order valence-electron chi connectivity index (χ2n) is 4.57. The number of aryl methyl sites for hydroxylation is 1. The molecule has 1 aromatic carbocycles. The number of benzene rings is 1. The first-order chi connectivity index (χ1) is 7.75. The molecule has 16 heavy (non-hydrogen) atoms. The van der Waals surface area contributed by atoms with Crippen molar-refractivity contribution < 1.29 is 9.59 Å². The lowest BCUT2D eigenvalue weighted by atomic mass is 9.86. The maximum atomic E-state index is 11.6.